The Balaban J connectivity index is 2.31. The first-order chi connectivity index (χ1) is 4.30. The molecule has 2 N–H and O–H groups in total. The third-order valence-electron chi connectivity index (χ3n) is 0.702. The Labute approximate surface area is 53.6 Å². The van der Waals surface area contributed by atoms with Crippen molar-refractivity contribution in [2.45, 2.75) is 0 Å². The summed E-state index contributed by atoms with van der Waals surface area (Å²) in [5.41, 5.74) is 4.78. The number of hydrogen-bond donors (Lipinski definition) is 1. The van der Waals surface area contributed by atoms with Crippen molar-refractivity contribution in [1.82, 2.24) is 0 Å². The van der Waals surface area contributed by atoms with Gasteiger partial charge in [-0.15, -0.1) is 0 Å². The van der Waals surface area contributed by atoms with Crippen LogP contribution in [0.3, 0.4) is 0 Å². The van der Waals surface area contributed by atoms with Crippen LogP contribution in [0.1, 0.15) is 0 Å². The molecule has 0 bridgehead atoms. The minimum Gasteiger partial charge on any atom is -0.457 e. The van der Waals surface area contributed by atoms with E-state index in [0.29, 0.717) is 0 Å². The highest BCUT2D eigenvalue weighted by atomic mass is 16.7. The molecule has 1 amide bonds. The molecule has 0 aromatic carbocycles. The van der Waals surface area contributed by atoms with Crippen LogP contribution in [0.25, 0.3) is 0 Å². The Morgan fingerprint density at radius 2 is 2.00 bits per heavy atom. The molecule has 1 heterocycles. The Kier molecular flexibility index (Phi) is 2.15. The van der Waals surface area contributed by atoms with Crippen LogP contribution in [-0.2, 0) is 13.7 Å². The van der Waals surface area contributed by atoms with E-state index >= 15 is 0 Å². The first kappa shape index (κ1) is 6.66. The van der Waals surface area contributed by atoms with Gasteiger partial charge < -0.3 is 19.4 Å². The van der Waals surface area contributed by atoms with Gasteiger partial charge in [0, 0.05) is 0 Å². The summed E-state index contributed by atoms with van der Waals surface area (Å²) in [6.07, 6.45) is 0. The molecule has 1 fully saturated rings. The standard InChI is InChI=1S/CH2B3NO4/c5-1(6)4-8-2-7-3-9-4/h(H2,5,6). The van der Waals surface area contributed by atoms with Crippen LogP contribution in [0.5, 0.6) is 0 Å². The number of hydrogen-bond acceptors (Lipinski definition) is 4. The highest BCUT2D eigenvalue weighted by Crippen LogP contribution is 1.93. The summed E-state index contributed by atoms with van der Waals surface area (Å²) in [4.78, 5) is 10.2. The zero-order valence-corrected chi connectivity index (χ0v) is 4.44. The molecule has 0 atom stereocenters. The summed E-state index contributed by atoms with van der Waals surface area (Å²) in [5, 5.41) is 0. The Morgan fingerprint density at radius 3 is 2.33 bits per heavy atom. The summed E-state index contributed by atoms with van der Waals surface area (Å²) in [5.74, 6) is -0.689. The van der Waals surface area contributed by atoms with Crippen LogP contribution in [-0.4, -0.2) is 28.3 Å². The minimum atomic E-state index is -1.04. The molecule has 0 spiro atoms. The van der Waals surface area contributed by atoms with E-state index in [-0.39, 0.29) is 0 Å². The molecule has 0 aromatic heterocycles. The predicted octanol–water partition coefficient (Wildman–Crippen LogP) is -1.73. The number of carbonyl (C=O) groups excluding carboxylic acids is 1. The molecule has 9 heavy (non-hydrogen) atoms. The van der Waals surface area contributed by atoms with E-state index in [2.05, 4.69) is 13.7 Å². The number of amides is 1. The van der Waals surface area contributed by atoms with Crippen molar-refractivity contribution in [2.75, 3.05) is 0 Å². The lowest BCUT2D eigenvalue weighted by Crippen LogP contribution is -2.44. The number of carbonyl (C=O) groups is 1. The maximum atomic E-state index is 10.2. The van der Waals surface area contributed by atoms with Gasteiger partial charge in [-0.25, -0.2) is 0 Å². The van der Waals surface area contributed by atoms with Gasteiger partial charge in [0.1, 0.15) is 0 Å². The molecule has 0 unspecified atom stereocenters. The van der Waals surface area contributed by atoms with Gasteiger partial charge in [-0.1, -0.05) is 0 Å². The quantitative estimate of drug-likeness (QED) is 0.422. The van der Waals surface area contributed by atoms with Crippen LogP contribution in [0.15, 0.2) is 0 Å². The zero-order valence-electron chi connectivity index (χ0n) is 4.44. The fourth-order valence-corrected chi connectivity index (χ4v) is 0.354. The lowest BCUT2D eigenvalue weighted by atomic mass is 9.84. The van der Waals surface area contributed by atoms with Gasteiger partial charge in [0.2, 0.25) is 5.81 Å². The summed E-state index contributed by atoms with van der Waals surface area (Å²) in [6, 6.07) is 0. The van der Waals surface area contributed by atoms with Crippen molar-refractivity contribution in [2.24, 2.45) is 5.73 Å². The van der Waals surface area contributed by atoms with Crippen molar-refractivity contribution >= 4 is 28.3 Å². The summed E-state index contributed by atoms with van der Waals surface area (Å²) < 4.78 is 13.3. The van der Waals surface area contributed by atoms with Gasteiger partial charge in [-0.3, -0.25) is 4.79 Å². The Bertz CT molecular complexity index is 112. The molecule has 1 saturated heterocycles. The normalized spacial score (nSPS) is 18.0. The molecular weight excluding hydrogens is 122 g/mol. The molecule has 1 aliphatic rings. The number of rotatable bonds is 1. The fourth-order valence-electron chi connectivity index (χ4n) is 0.354. The summed E-state index contributed by atoms with van der Waals surface area (Å²) >= 11 is 0. The van der Waals surface area contributed by atoms with Crippen molar-refractivity contribution in [3.63, 3.8) is 0 Å². The van der Waals surface area contributed by atoms with Gasteiger partial charge >= 0.3 is 22.5 Å². The maximum Gasteiger partial charge on any atom is 0.529 e. The van der Waals surface area contributed by atoms with Crippen LogP contribution in [0.2, 0.25) is 0 Å². The van der Waals surface area contributed by atoms with Crippen molar-refractivity contribution in [3.05, 3.63) is 0 Å². The molecule has 44 valence electrons. The molecule has 2 radical (unpaired) electrons. The van der Waals surface area contributed by atoms with E-state index in [1.807, 2.05) is 0 Å². The molecule has 8 heteroatoms. The second kappa shape index (κ2) is 2.91. The third kappa shape index (κ3) is 1.74. The van der Waals surface area contributed by atoms with Gasteiger partial charge in [-0.2, -0.15) is 0 Å². The van der Waals surface area contributed by atoms with Crippen molar-refractivity contribution < 1.29 is 18.5 Å². The predicted molar refractivity (Wildman–Crippen MR) is 30.1 cm³/mol. The van der Waals surface area contributed by atoms with Crippen LogP contribution in [0, 0.1) is 0 Å². The van der Waals surface area contributed by atoms with E-state index < -0.39 is 12.9 Å². The topological polar surface area (TPSA) is 70.8 Å². The van der Waals surface area contributed by atoms with E-state index in [9.17, 15) is 4.79 Å². The van der Waals surface area contributed by atoms with Crippen LogP contribution in [0.4, 0.5) is 4.79 Å². The number of nitrogens with two attached hydrogens (primary N) is 1. The highest BCUT2D eigenvalue weighted by Gasteiger charge is 2.30. The van der Waals surface area contributed by atoms with Crippen molar-refractivity contribution in [3.8, 4) is 0 Å². The van der Waals surface area contributed by atoms with E-state index in [1.165, 1.54) is 0 Å². The van der Waals surface area contributed by atoms with Gasteiger partial charge in [-0.05, 0) is 0 Å². The smallest absolute Gasteiger partial charge is 0.457 e. The lowest BCUT2D eigenvalue weighted by Gasteiger charge is -2.14. The van der Waals surface area contributed by atoms with Gasteiger partial charge in [0.25, 0.3) is 0 Å². The molecule has 1 aliphatic heterocycles. The Morgan fingerprint density at radius 1 is 1.44 bits per heavy atom. The number of primary amides is 1. The molecule has 1 rings (SSSR count). The summed E-state index contributed by atoms with van der Waals surface area (Å²) in [6.45, 7) is 0. The first-order valence-electron chi connectivity index (χ1n) is 2.20. The van der Waals surface area contributed by atoms with Gasteiger partial charge in [0.15, 0.2) is 0 Å². The zero-order chi connectivity index (χ0) is 6.69. The maximum absolute atomic E-state index is 10.2. The van der Waals surface area contributed by atoms with Crippen LogP contribution < -0.4 is 5.73 Å². The fraction of sp³-hybridized carbons (Fsp3) is 0. The molecule has 5 nitrogen and oxygen atoms in total. The first-order valence-corrected chi connectivity index (χ1v) is 2.20. The second-order valence-corrected chi connectivity index (χ2v) is 1.33. The SMILES string of the molecule is NC(=O)B1O[B]O[B]O1. The molecule has 0 aliphatic carbocycles. The minimum absolute atomic E-state index is 0.689. The highest BCUT2D eigenvalue weighted by molar-refractivity contribution is 6.85. The lowest BCUT2D eigenvalue weighted by molar-refractivity contribution is 0.251. The van der Waals surface area contributed by atoms with E-state index in [4.69, 9.17) is 5.73 Å². The van der Waals surface area contributed by atoms with Crippen molar-refractivity contribution in [1.29, 1.82) is 0 Å². The monoisotopic (exact) mass is 125 g/mol. The summed E-state index contributed by atoms with van der Waals surface area (Å²) in [7, 11) is 0.899. The Hall–Kier alpha value is -0.455. The van der Waals surface area contributed by atoms with E-state index in [0.717, 1.165) is 15.4 Å². The average molecular weight is 124 g/mol. The second-order valence-electron chi connectivity index (χ2n) is 1.33. The third-order valence-corrected chi connectivity index (χ3v) is 0.702. The average Bonchev–Trinajstić information content (AvgIpc) is 1.90. The molecular formula is CH2B3NO4. The van der Waals surface area contributed by atoms with Crippen LogP contribution >= 0.6 is 0 Å². The van der Waals surface area contributed by atoms with Gasteiger partial charge in [0.05, 0.1) is 0 Å². The largest absolute Gasteiger partial charge is 0.529 e. The molecule has 0 saturated carbocycles. The molecule has 0 aromatic rings. The van der Waals surface area contributed by atoms with E-state index in [1.54, 1.807) is 0 Å².